The molecular weight excluding hydrogens is 336 g/mol. The van der Waals surface area contributed by atoms with E-state index in [1.165, 1.54) is 27.2 Å². The van der Waals surface area contributed by atoms with E-state index in [4.69, 9.17) is 0 Å². The minimum atomic E-state index is 0. The molecule has 20 heavy (non-hydrogen) atoms. The number of aryl methyl sites for hydroxylation is 1. The monoisotopic (exact) mass is 346 g/mol. The summed E-state index contributed by atoms with van der Waals surface area (Å²) >= 11 is 3.54. The Balaban J connectivity index is 0.00000121. The summed E-state index contributed by atoms with van der Waals surface area (Å²) in [7, 11) is 2.10. The van der Waals surface area contributed by atoms with Crippen molar-refractivity contribution >= 4 is 48.8 Å². The Morgan fingerprint density at radius 2 is 1.80 bits per heavy atom. The number of nitrogens with one attached hydrogen (secondary N) is 1. The van der Waals surface area contributed by atoms with Crippen LogP contribution in [0.2, 0.25) is 0 Å². The molecule has 0 amide bonds. The minimum Gasteiger partial charge on any atom is -1.00 e. The number of aromatic amines is 1. The van der Waals surface area contributed by atoms with Crippen LogP contribution in [0.25, 0.3) is 32.8 Å². The van der Waals surface area contributed by atoms with Gasteiger partial charge in [0.1, 0.15) is 11.0 Å². The summed E-state index contributed by atoms with van der Waals surface area (Å²) in [6, 6.07) is 17.1. The van der Waals surface area contributed by atoms with Crippen molar-refractivity contribution < 1.29 is 17.0 Å². The maximum Gasteiger partial charge on any atom is 0.287 e. The minimum absolute atomic E-state index is 0. The number of aromatic nitrogens is 2. The molecule has 0 aliphatic rings. The molecule has 1 N–H and O–H groups in total. The molecular formula is C16H12BrClN2. The van der Waals surface area contributed by atoms with Gasteiger partial charge in [-0.1, -0.05) is 28.1 Å². The summed E-state index contributed by atoms with van der Waals surface area (Å²) in [5.74, 6) is 0. The second-order valence-corrected chi connectivity index (χ2v) is 5.76. The average Bonchev–Trinajstić information content (AvgIpc) is 2.79. The third kappa shape index (κ3) is 1.81. The predicted octanol–water partition coefficient (Wildman–Crippen LogP) is 1.07. The molecule has 0 bridgehead atoms. The number of para-hydroxylation sites is 1. The van der Waals surface area contributed by atoms with Crippen molar-refractivity contribution in [1.82, 2.24) is 4.98 Å². The second kappa shape index (κ2) is 4.76. The van der Waals surface area contributed by atoms with Crippen molar-refractivity contribution in [2.75, 3.05) is 0 Å². The van der Waals surface area contributed by atoms with Crippen LogP contribution in [-0.4, -0.2) is 4.98 Å². The highest BCUT2D eigenvalue weighted by atomic mass is 79.9. The van der Waals surface area contributed by atoms with E-state index in [1.54, 1.807) is 0 Å². The van der Waals surface area contributed by atoms with E-state index in [9.17, 15) is 0 Å². The third-order valence-corrected chi connectivity index (χ3v) is 4.21. The van der Waals surface area contributed by atoms with E-state index in [-0.39, 0.29) is 12.4 Å². The second-order valence-electron chi connectivity index (χ2n) is 4.84. The highest BCUT2D eigenvalue weighted by Crippen LogP contribution is 2.27. The van der Waals surface area contributed by atoms with Gasteiger partial charge in [0.2, 0.25) is 0 Å². The fourth-order valence-electron chi connectivity index (χ4n) is 2.77. The van der Waals surface area contributed by atoms with Crippen LogP contribution in [0, 0.1) is 0 Å². The van der Waals surface area contributed by atoms with Crippen LogP contribution >= 0.6 is 15.9 Å². The zero-order valence-electron chi connectivity index (χ0n) is 10.8. The molecule has 2 aromatic carbocycles. The molecule has 0 aliphatic heterocycles. The van der Waals surface area contributed by atoms with Gasteiger partial charge in [0.05, 0.1) is 12.4 Å². The van der Waals surface area contributed by atoms with Crippen molar-refractivity contribution in [3.05, 3.63) is 53.0 Å². The van der Waals surface area contributed by atoms with Crippen LogP contribution in [-0.2, 0) is 7.05 Å². The molecule has 0 spiro atoms. The van der Waals surface area contributed by atoms with E-state index >= 15 is 0 Å². The molecule has 0 saturated carbocycles. The number of H-pyrrole nitrogens is 1. The first-order chi connectivity index (χ1) is 9.24. The quantitative estimate of drug-likeness (QED) is 0.459. The van der Waals surface area contributed by atoms with Crippen molar-refractivity contribution in [1.29, 1.82) is 0 Å². The lowest BCUT2D eigenvalue weighted by Crippen LogP contribution is -3.00. The fraction of sp³-hybridized carbons (Fsp3) is 0.0625. The zero-order chi connectivity index (χ0) is 13.0. The van der Waals surface area contributed by atoms with E-state index in [0.29, 0.717) is 0 Å². The van der Waals surface area contributed by atoms with Gasteiger partial charge in [-0.2, -0.15) is 0 Å². The Hall–Kier alpha value is -1.58. The lowest BCUT2D eigenvalue weighted by atomic mass is 10.1. The molecule has 4 rings (SSSR count). The van der Waals surface area contributed by atoms with Gasteiger partial charge in [-0.25, -0.2) is 9.55 Å². The SMILES string of the molecule is C[n+]1c2cc(Br)ccc2cc2c3ccccc3[nH]c21.[Cl-]. The molecule has 0 aliphatic carbocycles. The number of rotatable bonds is 0. The molecule has 100 valence electrons. The summed E-state index contributed by atoms with van der Waals surface area (Å²) in [5, 5.41) is 3.80. The first-order valence-corrected chi connectivity index (χ1v) is 7.02. The number of pyridine rings is 1. The number of fused-ring (bicyclic) bond motifs is 4. The van der Waals surface area contributed by atoms with Crippen LogP contribution in [0.3, 0.4) is 0 Å². The Kier molecular flexibility index (Phi) is 3.19. The highest BCUT2D eigenvalue weighted by Gasteiger charge is 2.15. The topological polar surface area (TPSA) is 19.7 Å². The Bertz CT molecular complexity index is 943. The number of hydrogen-bond acceptors (Lipinski definition) is 0. The molecule has 2 aromatic heterocycles. The van der Waals surface area contributed by atoms with Gasteiger partial charge in [0.25, 0.3) is 5.65 Å². The first kappa shape index (κ1) is 13.4. The maximum absolute atomic E-state index is 3.54. The van der Waals surface area contributed by atoms with Crippen molar-refractivity contribution in [3.63, 3.8) is 0 Å². The molecule has 4 aromatic rings. The standard InChI is InChI=1S/C16H11BrN2.ClH/c1-19-15-9-11(17)7-6-10(15)8-13-12-4-2-3-5-14(12)18-16(13)19;/h2-9H,1H3;1H. The molecule has 2 heterocycles. The first-order valence-electron chi connectivity index (χ1n) is 6.23. The fourth-order valence-corrected chi connectivity index (χ4v) is 3.11. The van der Waals surface area contributed by atoms with E-state index in [1.807, 2.05) is 0 Å². The van der Waals surface area contributed by atoms with Crippen LogP contribution in [0.4, 0.5) is 0 Å². The molecule has 0 fully saturated rings. The normalized spacial score (nSPS) is 11.1. The molecule has 2 nitrogen and oxygen atoms in total. The Labute approximate surface area is 131 Å². The molecule has 0 unspecified atom stereocenters. The Morgan fingerprint density at radius 1 is 1.00 bits per heavy atom. The van der Waals surface area contributed by atoms with Gasteiger partial charge in [-0.15, -0.1) is 0 Å². The predicted molar refractivity (Wildman–Crippen MR) is 82.2 cm³/mol. The lowest BCUT2D eigenvalue weighted by Gasteiger charge is -2.01. The Morgan fingerprint density at radius 3 is 2.65 bits per heavy atom. The van der Waals surface area contributed by atoms with Gasteiger partial charge in [-0.05, 0) is 36.4 Å². The van der Waals surface area contributed by atoms with Gasteiger partial charge in [0, 0.05) is 15.2 Å². The maximum atomic E-state index is 3.54. The zero-order valence-corrected chi connectivity index (χ0v) is 13.2. The van der Waals surface area contributed by atoms with Crippen molar-refractivity contribution in [3.8, 4) is 0 Å². The highest BCUT2D eigenvalue weighted by molar-refractivity contribution is 9.10. The van der Waals surface area contributed by atoms with Crippen molar-refractivity contribution in [2.45, 2.75) is 0 Å². The molecule has 4 heteroatoms. The molecule has 0 radical (unpaired) electrons. The van der Waals surface area contributed by atoms with Gasteiger partial charge < -0.3 is 12.4 Å². The van der Waals surface area contributed by atoms with E-state index in [0.717, 1.165) is 10.1 Å². The van der Waals surface area contributed by atoms with Crippen LogP contribution < -0.4 is 17.0 Å². The van der Waals surface area contributed by atoms with Crippen LogP contribution in [0.5, 0.6) is 0 Å². The third-order valence-electron chi connectivity index (χ3n) is 3.71. The number of hydrogen-bond donors (Lipinski definition) is 1. The lowest BCUT2D eigenvalue weighted by molar-refractivity contribution is -0.619. The largest absolute Gasteiger partial charge is 1.00 e. The van der Waals surface area contributed by atoms with Gasteiger partial charge in [-0.3, -0.25) is 0 Å². The van der Waals surface area contributed by atoms with Gasteiger partial charge in [0.15, 0.2) is 0 Å². The molecule has 0 atom stereocenters. The summed E-state index contributed by atoms with van der Waals surface area (Å²) in [6.07, 6.45) is 0. The van der Waals surface area contributed by atoms with Gasteiger partial charge >= 0.3 is 0 Å². The van der Waals surface area contributed by atoms with Crippen LogP contribution in [0.1, 0.15) is 0 Å². The molecule has 0 saturated heterocycles. The average molecular weight is 348 g/mol. The number of benzene rings is 2. The summed E-state index contributed by atoms with van der Waals surface area (Å²) in [6.45, 7) is 0. The van der Waals surface area contributed by atoms with E-state index < -0.39 is 0 Å². The van der Waals surface area contributed by atoms with Crippen LogP contribution in [0.15, 0.2) is 53.0 Å². The van der Waals surface area contributed by atoms with E-state index in [2.05, 4.69) is 81.1 Å². The summed E-state index contributed by atoms with van der Waals surface area (Å²) in [5.41, 5.74) is 3.56. The van der Waals surface area contributed by atoms with Crippen molar-refractivity contribution in [2.24, 2.45) is 7.05 Å². The summed E-state index contributed by atoms with van der Waals surface area (Å²) < 4.78 is 3.32. The summed E-state index contributed by atoms with van der Waals surface area (Å²) in [4.78, 5) is 3.51. The number of halogens is 2. The number of nitrogens with zero attached hydrogens (tertiary/aromatic N) is 1. The smallest absolute Gasteiger partial charge is 0.287 e.